The number of anilines is 2. The standard InChI is InChI=1S/C22H31N5O/c1-28-20-10-4-3-9-18(20)19(26-11-5-2-6-12-26)16-23-21-15-22(25-17-24-21)27-13-7-8-14-27/h3-4,9-10,15,17,19H,2,5-8,11-14,16H2,1H3,(H,23,24,25). The summed E-state index contributed by atoms with van der Waals surface area (Å²) in [7, 11) is 1.76. The van der Waals surface area contributed by atoms with Gasteiger partial charge in [-0.05, 0) is 44.8 Å². The minimum absolute atomic E-state index is 0.265. The fourth-order valence-corrected chi connectivity index (χ4v) is 4.37. The van der Waals surface area contributed by atoms with Crippen LogP contribution in [0.4, 0.5) is 11.6 Å². The molecule has 1 unspecified atom stereocenters. The normalized spacial score (nSPS) is 18.8. The fraction of sp³-hybridized carbons (Fsp3) is 0.545. The molecule has 2 saturated heterocycles. The molecule has 2 aromatic rings. The van der Waals surface area contributed by atoms with Crippen molar-refractivity contribution in [3.05, 3.63) is 42.2 Å². The lowest BCUT2D eigenvalue weighted by Crippen LogP contribution is -2.37. The van der Waals surface area contributed by atoms with Crippen molar-refractivity contribution in [1.29, 1.82) is 0 Å². The number of methoxy groups -OCH3 is 1. The van der Waals surface area contributed by atoms with E-state index >= 15 is 0 Å². The van der Waals surface area contributed by atoms with Gasteiger partial charge < -0.3 is 15.0 Å². The summed E-state index contributed by atoms with van der Waals surface area (Å²) < 4.78 is 5.67. The van der Waals surface area contributed by atoms with Crippen molar-refractivity contribution in [3.8, 4) is 5.75 Å². The topological polar surface area (TPSA) is 53.5 Å². The van der Waals surface area contributed by atoms with Crippen LogP contribution >= 0.6 is 0 Å². The van der Waals surface area contributed by atoms with Gasteiger partial charge in [-0.3, -0.25) is 4.90 Å². The van der Waals surface area contributed by atoms with Crippen LogP contribution in [-0.2, 0) is 0 Å². The molecule has 4 rings (SSSR count). The maximum Gasteiger partial charge on any atom is 0.134 e. The first kappa shape index (κ1) is 19.0. The minimum atomic E-state index is 0.265. The second kappa shape index (κ2) is 9.24. The van der Waals surface area contributed by atoms with Gasteiger partial charge in [-0.15, -0.1) is 0 Å². The molecule has 6 heteroatoms. The molecule has 1 N–H and O–H groups in total. The van der Waals surface area contributed by atoms with Crippen molar-refractivity contribution in [2.45, 2.75) is 38.1 Å². The summed E-state index contributed by atoms with van der Waals surface area (Å²) in [5.41, 5.74) is 1.24. The summed E-state index contributed by atoms with van der Waals surface area (Å²) in [5, 5.41) is 3.58. The molecule has 0 radical (unpaired) electrons. The maximum atomic E-state index is 5.67. The lowest BCUT2D eigenvalue weighted by atomic mass is 10.0. The SMILES string of the molecule is COc1ccccc1C(CNc1cc(N2CCCC2)ncn1)N1CCCCC1. The molecule has 0 aliphatic carbocycles. The largest absolute Gasteiger partial charge is 0.496 e. The highest BCUT2D eigenvalue weighted by Crippen LogP contribution is 2.31. The molecular formula is C22H31N5O. The van der Waals surface area contributed by atoms with Crippen LogP contribution in [0.2, 0.25) is 0 Å². The molecule has 3 heterocycles. The molecule has 1 aromatic heterocycles. The first-order valence-electron chi connectivity index (χ1n) is 10.5. The third-order valence-electron chi connectivity index (χ3n) is 5.89. The van der Waals surface area contributed by atoms with E-state index in [1.54, 1.807) is 13.4 Å². The van der Waals surface area contributed by atoms with Gasteiger partial charge in [-0.25, -0.2) is 9.97 Å². The average molecular weight is 382 g/mol. The zero-order chi connectivity index (χ0) is 19.2. The molecule has 0 saturated carbocycles. The predicted octanol–water partition coefficient (Wildman–Crippen LogP) is 3.72. The number of hydrogen-bond donors (Lipinski definition) is 1. The molecule has 0 spiro atoms. The van der Waals surface area contributed by atoms with E-state index in [9.17, 15) is 0 Å². The van der Waals surface area contributed by atoms with Crippen LogP contribution in [0.25, 0.3) is 0 Å². The highest BCUT2D eigenvalue weighted by molar-refractivity contribution is 5.49. The molecule has 150 valence electrons. The number of nitrogens with one attached hydrogen (secondary N) is 1. The molecule has 2 aliphatic heterocycles. The Balaban J connectivity index is 1.52. The summed E-state index contributed by atoms with van der Waals surface area (Å²) in [6.07, 6.45) is 8.02. The first-order chi connectivity index (χ1) is 13.8. The van der Waals surface area contributed by atoms with E-state index in [4.69, 9.17) is 4.74 Å². The van der Waals surface area contributed by atoms with Crippen LogP contribution in [0.15, 0.2) is 36.7 Å². The van der Waals surface area contributed by atoms with Crippen LogP contribution < -0.4 is 15.0 Å². The van der Waals surface area contributed by atoms with E-state index < -0.39 is 0 Å². The molecule has 1 atom stereocenters. The third-order valence-corrected chi connectivity index (χ3v) is 5.89. The Morgan fingerprint density at radius 1 is 1.00 bits per heavy atom. The first-order valence-corrected chi connectivity index (χ1v) is 10.5. The van der Waals surface area contributed by atoms with Crippen LogP contribution in [0.5, 0.6) is 5.75 Å². The maximum absolute atomic E-state index is 5.67. The smallest absolute Gasteiger partial charge is 0.134 e. The number of likely N-dealkylation sites (tertiary alicyclic amines) is 1. The van der Waals surface area contributed by atoms with Gasteiger partial charge in [0.1, 0.15) is 23.7 Å². The Bertz CT molecular complexity index is 756. The minimum Gasteiger partial charge on any atom is -0.496 e. The number of hydrogen-bond acceptors (Lipinski definition) is 6. The zero-order valence-electron chi connectivity index (χ0n) is 16.8. The number of aromatic nitrogens is 2. The van der Waals surface area contributed by atoms with Crippen LogP contribution in [0.1, 0.15) is 43.7 Å². The summed E-state index contributed by atoms with van der Waals surface area (Å²) in [6.45, 7) is 5.25. The van der Waals surface area contributed by atoms with Crippen LogP contribution in [-0.4, -0.2) is 54.7 Å². The van der Waals surface area contributed by atoms with Gasteiger partial charge in [0, 0.05) is 31.3 Å². The number of piperidine rings is 1. The monoisotopic (exact) mass is 381 g/mol. The molecule has 1 aromatic carbocycles. The van der Waals surface area contributed by atoms with Crippen molar-refractivity contribution in [1.82, 2.24) is 14.9 Å². The lowest BCUT2D eigenvalue weighted by Gasteiger charge is -2.35. The van der Waals surface area contributed by atoms with Crippen molar-refractivity contribution in [3.63, 3.8) is 0 Å². The fourth-order valence-electron chi connectivity index (χ4n) is 4.37. The highest BCUT2D eigenvalue weighted by Gasteiger charge is 2.25. The second-order valence-electron chi connectivity index (χ2n) is 7.69. The molecule has 0 amide bonds. The van der Waals surface area contributed by atoms with E-state index in [0.717, 1.165) is 50.1 Å². The third kappa shape index (κ3) is 4.38. The van der Waals surface area contributed by atoms with Gasteiger partial charge >= 0.3 is 0 Å². The van der Waals surface area contributed by atoms with Gasteiger partial charge in [-0.2, -0.15) is 0 Å². The number of benzene rings is 1. The van der Waals surface area contributed by atoms with E-state index in [1.807, 2.05) is 6.07 Å². The average Bonchev–Trinajstić information content (AvgIpc) is 3.30. The number of ether oxygens (including phenoxy) is 1. The van der Waals surface area contributed by atoms with Gasteiger partial charge in [0.15, 0.2) is 0 Å². The number of nitrogens with zero attached hydrogens (tertiary/aromatic N) is 4. The molecule has 2 fully saturated rings. The molecule has 6 nitrogen and oxygen atoms in total. The quantitative estimate of drug-likeness (QED) is 0.789. The van der Waals surface area contributed by atoms with E-state index in [0.29, 0.717) is 0 Å². The number of rotatable bonds is 7. The van der Waals surface area contributed by atoms with E-state index in [2.05, 4.69) is 49.4 Å². The Labute approximate surface area is 167 Å². The van der Waals surface area contributed by atoms with Gasteiger partial charge in [0.05, 0.1) is 13.2 Å². The summed E-state index contributed by atoms with van der Waals surface area (Å²) in [4.78, 5) is 13.9. The molecule has 2 aliphatic rings. The van der Waals surface area contributed by atoms with Gasteiger partial charge in [-0.1, -0.05) is 24.6 Å². The van der Waals surface area contributed by atoms with E-state index in [-0.39, 0.29) is 6.04 Å². The van der Waals surface area contributed by atoms with Crippen molar-refractivity contribution in [2.75, 3.05) is 50.1 Å². The van der Waals surface area contributed by atoms with Crippen molar-refractivity contribution >= 4 is 11.6 Å². The van der Waals surface area contributed by atoms with Gasteiger partial charge in [0.2, 0.25) is 0 Å². The summed E-state index contributed by atoms with van der Waals surface area (Å²) >= 11 is 0. The molecule has 0 bridgehead atoms. The van der Waals surface area contributed by atoms with Crippen molar-refractivity contribution in [2.24, 2.45) is 0 Å². The Morgan fingerprint density at radius 2 is 1.75 bits per heavy atom. The summed E-state index contributed by atoms with van der Waals surface area (Å²) in [5.74, 6) is 2.89. The number of para-hydroxylation sites is 1. The highest BCUT2D eigenvalue weighted by atomic mass is 16.5. The second-order valence-corrected chi connectivity index (χ2v) is 7.69. The molecule has 28 heavy (non-hydrogen) atoms. The van der Waals surface area contributed by atoms with E-state index in [1.165, 1.54) is 37.7 Å². The Kier molecular flexibility index (Phi) is 6.27. The Hall–Kier alpha value is -2.34. The van der Waals surface area contributed by atoms with Crippen LogP contribution in [0.3, 0.4) is 0 Å². The lowest BCUT2D eigenvalue weighted by molar-refractivity contribution is 0.167. The Morgan fingerprint density at radius 3 is 2.54 bits per heavy atom. The molecular weight excluding hydrogens is 350 g/mol. The van der Waals surface area contributed by atoms with Crippen LogP contribution in [0, 0.1) is 0 Å². The van der Waals surface area contributed by atoms with Gasteiger partial charge in [0.25, 0.3) is 0 Å². The zero-order valence-corrected chi connectivity index (χ0v) is 16.8. The van der Waals surface area contributed by atoms with Crippen molar-refractivity contribution < 1.29 is 4.74 Å². The predicted molar refractivity (Wildman–Crippen MR) is 113 cm³/mol. The summed E-state index contributed by atoms with van der Waals surface area (Å²) in [6, 6.07) is 10.7.